The van der Waals surface area contributed by atoms with Crippen LogP contribution in [-0.2, 0) is 4.79 Å². The standard InChI is InChI=1S/C20H25ClN2O2.ClH/c1-22-11-8-15-9-12-23(13-10-15)20(24)14-25-19-7-6-18(21)16-4-2-3-5-17(16)19;/h2-7,15,22H,8-14H2,1H3;1H. The number of rotatable bonds is 6. The summed E-state index contributed by atoms with van der Waals surface area (Å²) in [6, 6.07) is 11.5. The van der Waals surface area contributed by atoms with Gasteiger partial charge in [0.05, 0.1) is 0 Å². The highest BCUT2D eigenvalue weighted by Gasteiger charge is 2.22. The lowest BCUT2D eigenvalue weighted by molar-refractivity contribution is -0.134. The van der Waals surface area contributed by atoms with Gasteiger partial charge >= 0.3 is 0 Å². The summed E-state index contributed by atoms with van der Waals surface area (Å²) in [7, 11) is 1.98. The van der Waals surface area contributed by atoms with Gasteiger partial charge < -0.3 is 15.0 Å². The van der Waals surface area contributed by atoms with Crippen molar-refractivity contribution in [1.29, 1.82) is 0 Å². The van der Waals surface area contributed by atoms with E-state index in [1.807, 2.05) is 48.3 Å². The fourth-order valence-corrected chi connectivity index (χ4v) is 3.64. The number of piperidine rings is 1. The molecule has 1 fully saturated rings. The molecule has 0 aromatic heterocycles. The molecule has 1 amide bonds. The number of hydrogen-bond donors (Lipinski definition) is 1. The van der Waals surface area contributed by atoms with E-state index in [9.17, 15) is 4.79 Å². The molecule has 2 aromatic carbocycles. The van der Waals surface area contributed by atoms with E-state index < -0.39 is 0 Å². The van der Waals surface area contributed by atoms with Gasteiger partial charge in [0.25, 0.3) is 5.91 Å². The maximum absolute atomic E-state index is 12.5. The largest absolute Gasteiger partial charge is 0.483 e. The number of amides is 1. The van der Waals surface area contributed by atoms with Gasteiger partial charge in [0.2, 0.25) is 0 Å². The van der Waals surface area contributed by atoms with Crippen molar-refractivity contribution >= 4 is 40.7 Å². The third kappa shape index (κ3) is 5.03. The van der Waals surface area contributed by atoms with E-state index in [4.69, 9.17) is 16.3 Å². The molecule has 4 nitrogen and oxygen atoms in total. The minimum atomic E-state index is 0. The second-order valence-electron chi connectivity index (χ2n) is 6.60. The maximum atomic E-state index is 12.5. The number of halogens is 2. The van der Waals surface area contributed by atoms with E-state index >= 15 is 0 Å². The van der Waals surface area contributed by atoms with Crippen molar-refractivity contribution in [2.45, 2.75) is 19.3 Å². The number of likely N-dealkylation sites (tertiary alicyclic amines) is 1. The number of ether oxygens (including phenoxy) is 1. The van der Waals surface area contributed by atoms with Crippen LogP contribution in [0.25, 0.3) is 10.8 Å². The molecule has 6 heteroatoms. The zero-order chi connectivity index (χ0) is 17.6. The fraction of sp³-hybridized carbons (Fsp3) is 0.450. The summed E-state index contributed by atoms with van der Waals surface area (Å²) in [6.07, 6.45) is 3.35. The number of carbonyl (C=O) groups excluding carboxylic acids is 1. The van der Waals surface area contributed by atoms with Crippen molar-refractivity contribution in [3.8, 4) is 5.75 Å². The third-order valence-corrected chi connectivity index (χ3v) is 5.28. The topological polar surface area (TPSA) is 41.6 Å². The minimum absolute atomic E-state index is 0. The first-order chi connectivity index (χ1) is 12.2. The number of nitrogens with one attached hydrogen (secondary N) is 1. The number of nitrogens with zero attached hydrogens (tertiary/aromatic N) is 1. The Hall–Kier alpha value is -1.49. The first-order valence-corrected chi connectivity index (χ1v) is 9.29. The van der Waals surface area contributed by atoms with Crippen molar-refractivity contribution < 1.29 is 9.53 Å². The van der Waals surface area contributed by atoms with Gasteiger partial charge in [0.15, 0.2) is 6.61 Å². The lowest BCUT2D eigenvalue weighted by Crippen LogP contribution is -2.41. The van der Waals surface area contributed by atoms with Crippen LogP contribution in [0.1, 0.15) is 19.3 Å². The smallest absolute Gasteiger partial charge is 0.260 e. The molecule has 142 valence electrons. The molecule has 0 unspecified atom stereocenters. The second-order valence-corrected chi connectivity index (χ2v) is 7.00. The van der Waals surface area contributed by atoms with Gasteiger partial charge in [-0.25, -0.2) is 0 Å². The van der Waals surface area contributed by atoms with Crippen molar-refractivity contribution in [3.05, 3.63) is 41.4 Å². The Bertz CT molecular complexity index is 731. The number of fused-ring (bicyclic) bond motifs is 1. The molecular weight excluding hydrogens is 371 g/mol. The summed E-state index contributed by atoms with van der Waals surface area (Å²) in [6.45, 7) is 2.79. The lowest BCUT2D eigenvalue weighted by atomic mass is 9.93. The zero-order valence-corrected chi connectivity index (χ0v) is 16.6. The van der Waals surface area contributed by atoms with Crippen molar-refractivity contribution in [2.24, 2.45) is 5.92 Å². The summed E-state index contributed by atoms with van der Waals surface area (Å²) in [5.41, 5.74) is 0. The molecule has 0 bridgehead atoms. The van der Waals surface area contributed by atoms with Crippen LogP contribution in [-0.4, -0.2) is 44.1 Å². The SMILES string of the molecule is CNCCC1CCN(C(=O)COc2ccc(Cl)c3ccccc23)CC1.Cl. The van der Waals surface area contributed by atoms with Gasteiger partial charge in [-0.15, -0.1) is 12.4 Å². The van der Waals surface area contributed by atoms with Crippen LogP contribution in [0.2, 0.25) is 5.02 Å². The maximum Gasteiger partial charge on any atom is 0.260 e. The van der Waals surface area contributed by atoms with Crippen LogP contribution in [0.5, 0.6) is 5.75 Å². The van der Waals surface area contributed by atoms with Gasteiger partial charge in [-0.3, -0.25) is 4.79 Å². The summed E-state index contributed by atoms with van der Waals surface area (Å²) in [5, 5.41) is 5.77. The van der Waals surface area contributed by atoms with E-state index in [2.05, 4.69) is 5.32 Å². The molecule has 0 radical (unpaired) electrons. The highest BCUT2D eigenvalue weighted by molar-refractivity contribution is 6.35. The zero-order valence-electron chi connectivity index (χ0n) is 15.0. The van der Waals surface area contributed by atoms with E-state index in [-0.39, 0.29) is 24.9 Å². The molecular formula is C20H26Cl2N2O2. The van der Waals surface area contributed by atoms with Gasteiger partial charge in [-0.2, -0.15) is 0 Å². The van der Waals surface area contributed by atoms with Crippen LogP contribution in [0.15, 0.2) is 36.4 Å². The molecule has 1 saturated heterocycles. The first-order valence-electron chi connectivity index (χ1n) is 8.91. The molecule has 26 heavy (non-hydrogen) atoms. The normalized spacial score (nSPS) is 14.9. The monoisotopic (exact) mass is 396 g/mol. The Morgan fingerprint density at radius 3 is 2.58 bits per heavy atom. The molecule has 1 N–H and O–H groups in total. The average Bonchev–Trinajstić information content (AvgIpc) is 2.66. The predicted octanol–water partition coefficient (Wildman–Crippen LogP) is 4.14. The summed E-state index contributed by atoms with van der Waals surface area (Å²) in [4.78, 5) is 14.4. The van der Waals surface area contributed by atoms with E-state index in [0.29, 0.717) is 10.8 Å². The minimum Gasteiger partial charge on any atom is -0.483 e. The van der Waals surface area contributed by atoms with E-state index in [0.717, 1.165) is 49.2 Å². The molecule has 1 aliphatic rings. The van der Waals surface area contributed by atoms with Crippen LogP contribution in [0, 0.1) is 5.92 Å². The molecule has 0 spiro atoms. The van der Waals surface area contributed by atoms with E-state index in [1.54, 1.807) is 0 Å². The number of benzene rings is 2. The number of hydrogen-bond acceptors (Lipinski definition) is 3. The lowest BCUT2D eigenvalue weighted by Gasteiger charge is -2.32. The number of carbonyl (C=O) groups is 1. The van der Waals surface area contributed by atoms with Crippen LogP contribution in [0.4, 0.5) is 0 Å². The Kier molecular flexibility index (Phi) is 8.01. The quantitative estimate of drug-likeness (QED) is 0.797. The molecule has 1 aliphatic heterocycles. The van der Waals surface area contributed by atoms with Gasteiger partial charge in [-0.05, 0) is 50.9 Å². The highest BCUT2D eigenvalue weighted by atomic mass is 35.5. The third-order valence-electron chi connectivity index (χ3n) is 4.95. The molecule has 0 atom stereocenters. The summed E-state index contributed by atoms with van der Waals surface area (Å²) in [5.74, 6) is 1.49. The van der Waals surface area contributed by atoms with Gasteiger partial charge in [0, 0.05) is 28.9 Å². The Morgan fingerprint density at radius 2 is 1.88 bits per heavy atom. The Balaban J connectivity index is 0.00000243. The molecule has 1 heterocycles. The fourth-order valence-electron chi connectivity index (χ4n) is 3.41. The van der Waals surface area contributed by atoms with Crippen molar-refractivity contribution in [2.75, 3.05) is 33.3 Å². The average molecular weight is 397 g/mol. The Labute approximate surface area is 166 Å². The predicted molar refractivity (Wildman–Crippen MR) is 110 cm³/mol. The second kappa shape index (κ2) is 10.0. The molecule has 0 saturated carbocycles. The summed E-state index contributed by atoms with van der Waals surface area (Å²) < 4.78 is 5.82. The molecule has 2 aromatic rings. The van der Waals surface area contributed by atoms with Crippen molar-refractivity contribution in [3.63, 3.8) is 0 Å². The van der Waals surface area contributed by atoms with Crippen molar-refractivity contribution in [1.82, 2.24) is 10.2 Å². The molecule has 0 aliphatic carbocycles. The van der Waals surface area contributed by atoms with Gasteiger partial charge in [0.1, 0.15) is 5.75 Å². The van der Waals surface area contributed by atoms with E-state index in [1.165, 1.54) is 6.42 Å². The van der Waals surface area contributed by atoms with Crippen LogP contribution < -0.4 is 10.1 Å². The first kappa shape index (κ1) is 20.8. The molecule has 3 rings (SSSR count). The van der Waals surface area contributed by atoms with Gasteiger partial charge in [-0.1, -0.05) is 35.9 Å². The van der Waals surface area contributed by atoms with Crippen LogP contribution >= 0.6 is 24.0 Å². The highest BCUT2D eigenvalue weighted by Crippen LogP contribution is 2.31. The summed E-state index contributed by atoms with van der Waals surface area (Å²) >= 11 is 6.23. The van der Waals surface area contributed by atoms with Crippen LogP contribution in [0.3, 0.4) is 0 Å². The Morgan fingerprint density at radius 1 is 1.19 bits per heavy atom.